The van der Waals surface area contributed by atoms with Crippen molar-refractivity contribution >= 4 is 45.5 Å². The van der Waals surface area contributed by atoms with Gasteiger partial charge < -0.3 is 20.4 Å². The molecular formula is C14H22O8S2. The highest BCUT2D eigenvalue weighted by atomic mass is 33.1. The number of aliphatic carboxylic acids is 4. The molecule has 0 radical (unpaired) electrons. The van der Waals surface area contributed by atoms with Crippen LogP contribution in [0.3, 0.4) is 0 Å². The summed E-state index contributed by atoms with van der Waals surface area (Å²) in [5.74, 6) is -4.42. The Morgan fingerprint density at radius 2 is 0.958 bits per heavy atom. The van der Waals surface area contributed by atoms with Crippen molar-refractivity contribution in [2.45, 2.75) is 38.5 Å². The van der Waals surface area contributed by atoms with Gasteiger partial charge in [0.2, 0.25) is 0 Å². The van der Waals surface area contributed by atoms with E-state index in [1.807, 2.05) is 0 Å². The van der Waals surface area contributed by atoms with Crippen molar-refractivity contribution in [3.63, 3.8) is 0 Å². The predicted molar refractivity (Wildman–Crippen MR) is 90.1 cm³/mol. The lowest BCUT2D eigenvalue weighted by Crippen LogP contribution is -2.16. The molecule has 0 spiro atoms. The zero-order valence-electron chi connectivity index (χ0n) is 13.0. The lowest BCUT2D eigenvalue weighted by molar-refractivity contribution is -0.144. The monoisotopic (exact) mass is 382 g/mol. The molecule has 0 saturated carbocycles. The standard InChI is InChI=1S/C14H22O8S2/c15-11(16)3-1-9(13(19)20)5-7-23-24-8-6-10(14(21)22)2-4-12(17)18/h9-10H,1-8H2,(H,15,16)(H,17,18)(H,19,20)(H,21,22). The Bertz CT molecular complexity index is 400. The molecule has 2 atom stereocenters. The molecule has 0 aromatic carbocycles. The van der Waals surface area contributed by atoms with Gasteiger partial charge in [-0.15, -0.1) is 0 Å². The molecule has 0 bridgehead atoms. The Morgan fingerprint density at radius 3 is 1.21 bits per heavy atom. The van der Waals surface area contributed by atoms with E-state index >= 15 is 0 Å². The summed E-state index contributed by atoms with van der Waals surface area (Å²) in [6.07, 6.45) is 0.513. The number of carboxylic acids is 4. The maximum Gasteiger partial charge on any atom is 0.306 e. The first-order valence-electron chi connectivity index (χ1n) is 7.37. The van der Waals surface area contributed by atoms with Crippen molar-refractivity contribution in [1.29, 1.82) is 0 Å². The molecular weight excluding hydrogens is 360 g/mol. The van der Waals surface area contributed by atoms with Crippen LogP contribution in [0.25, 0.3) is 0 Å². The Labute approximate surface area is 147 Å². The van der Waals surface area contributed by atoms with Gasteiger partial charge in [-0.2, -0.15) is 0 Å². The minimum Gasteiger partial charge on any atom is -0.481 e. The van der Waals surface area contributed by atoms with Crippen molar-refractivity contribution < 1.29 is 39.6 Å². The SMILES string of the molecule is O=C(O)CCC(CCSSCCC(CCC(=O)O)C(=O)O)C(=O)O. The second kappa shape index (κ2) is 12.9. The molecule has 10 heteroatoms. The van der Waals surface area contributed by atoms with Crippen LogP contribution in [0.1, 0.15) is 38.5 Å². The third-order valence-electron chi connectivity index (χ3n) is 3.29. The van der Waals surface area contributed by atoms with E-state index in [-0.39, 0.29) is 25.7 Å². The van der Waals surface area contributed by atoms with E-state index in [4.69, 9.17) is 20.4 Å². The van der Waals surface area contributed by atoms with Gasteiger partial charge in [0.1, 0.15) is 0 Å². The molecule has 0 saturated heterocycles. The number of hydrogen-bond donors (Lipinski definition) is 4. The van der Waals surface area contributed by atoms with E-state index in [1.54, 1.807) is 0 Å². The smallest absolute Gasteiger partial charge is 0.306 e. The molecule has 8 nitrogen and oxygen atoms in total. The maximum atomic E-state index is 11.0. The number of carbonyl (C=O) groups is 4. The van der Waals surface area contributed by atoms with Crippen LogP contribution >= 0.6 is 21.6 Å². The fraction of sp³-hybridized carbons (Fsp3) is 0.714. The van der Waals surface area contributed by atoms with E-state index in [9.17, 15) is 19.2 Å². The van der Waals surface area contributed by atoms with Gasteiger partial charge in [0.15, 0.2) is 0 Å². The summed E-state index contributed by atoms with van der Waals surface area (Å²) in [7, 11) is 2.82. The highest BCUT2D eigenvalue weighted by Gasteiger charge is 2.20. The molecule has 0 rings (SSSR count). The zero-order chi connectivity index (χ0) is 18.5. The first kappa shape index (κ1) is 22.6. The van der Waals surface area contributed by atoms with Crippen molar-refractivity contribution in [2.75, 3.05) is 11.5 Å². The summed E-state index contributed by atoms with van der Waals surface area (Å²) in [6, 6.07) is 0. The third kappa shape index (κ3) is 12.1. The lowest BCUT2D eigenvalue weighted by atomic mass is 10.0. The Hall–Kier alpha value is -1.42. The van der Waals surface area contributed by atoms with Crippen LogP contribution in [-0.2, 0) is 19.2 Å². The number of rotatable bonds is 15. The fourth-order valence-electron chi connectivity index (χ4n) is 1.88. The van der Waals surface area contributed by atoms with Gasteiger partial charge in [0, 0.05) is 24.3 Å². The Balaban J connectivity index is 3.93. The van der Waals surface area contributed by atoms with Gasteiger partial charge in [-0.25, -0.2) is 0 Å². The number of hydrogen-bond acceptors (Lipinski definition) is 6. The quantitative estimate of drug-likeness (QED) is 0.245. The summed E-state index contributed by atoms with van der Waals surface area (Å²) in [5, 5.41) is 35.2. The Morgan fingerprint density at radius 1 is 0.625 bits per heavy atom. The summed E-state index contributed by atoms with van der Waals surface area (Å²) < 4.78 is 0. The van der Waals surface area contributed by atoms with Gasteiger partial charge in [-0.05, 0) is 25.7 Å². The molecule has 138 valence electrons. The van der Waals surface area contributed by atoms with Crippen LogP contribution < -0.4 is 0 Å². The van der Waals surface area contributed by atoms with Gasteiger partial charge in [0.25, 0.3) is 0 Å². The first-order chi connectivity index (χ1) is 11.2. The fourth-order valence-corrected chi connectivity index (χ4v) is 4.16. The summed E-state index contributed by atoms with van der Waals surface area (Å²) in [6.45, 7) is 0. The highest BCUT2D eigenvalue weighted by molar-refractivity contribution is 8.76. The first-order valence-corrected chi connectivity index (χ1v) is 9.86. The second-order valence-corrected chi connectivity index (χ2v) is 7.86. The topological polar surface area (TPSA) is 149 Å². The van der Waals surface area contributed by atoms with Crippen LogP contribution in [0.2, 0.25) is 0 Å². The van der Waals surface area contributed by atoms with E-state index in [2.05, 4.69) is 0 Å². The van der Waals surface area contributed by atoms with Crippen molar-refractivity contribution in [3.05, 3.63) is 0 Å². The molecule has 0 aliphatic heterocycles. The van der Waals surface area contributed by atoms with Gasteiger partial charge in [-0.1, -0.05) is 21.6 Å². The average Bonchev–Trinajstić information content (AvgIpc) is 2.47. The predicted octanol–water partition coefficient (Wildman–Crippen LogP) is 2.28. The van der Waals surface area contributed by atoms with E-state index < -0.39 is 35.7 Å². The minimum absolute atomic E-state index is 0.0895. The average molecular weight is 382 g/mol. The summed E-state index contributed by atoms with van der Waals surface area (Å²) in [5.41, 5.74) is 0. The van der Waals surface area contributed by atoms with Gasteiger partial charge >= 0.3 is 23.9 Å². The minimum atomic E-state index is -1.02. The molecule has 0 aliphatic rings. The maximum absolute atomic E-state index is 11.0. The van der Waals surface area contributed by atoms with Crippen molar-refractivity contribution in [2.24, 2.45) is 11.8 Å². The largest absolute Gasteiger partial charge is 0.481 e. The molecule has 0 heterocycles. The van der Waals surface area contributed by atoms with E-state index in [0.29, 0.717) is 24.3 Å². The highest BCUT2D eigenvalue weighted by Crippen LogP contribution is 2.27. The summed E-state index contributed by atoms with van der Waals surface area (Å²) >= 11 is 0. The second-order valence-electron chi connectivity index (χ2n) is 5.16. The van der Waals surface area contributed by atoms with Gasteiger partial charge in [0.05, 0.1) is 11.8 Å². The zero-order valence-corrected chi connectivity index (χ0v) is 14.7. The van der Waals surface area contributed by atoms with Crippen molar-refractivity contribution in [1.82, 2.24) is 0 Å². The number of carboxylic acid groups (broad SMARTS) is 4. The van der Waals surface area contributed by atoms with Crippen LogP contribution in [0.15, 0.2) is 0 Å². The Kier molecular flexibility index (Phi) is 12.2. The molecule has 24 heavy (non-hydrogen) atoms. The molecule has 0 amide bonds. The third-order valence-corrected chi connectivity index (χ3v) is 5.77. The van der Waals surface area contributed by atoms with Crippen LogP contribution in [-0.4, -0.2) is 55.8 Å². The van der Waals surface area contributed by atoms with E-state index in [0.717, 1.165) is 0 Å². The van der Waals surface area contributed by atoms with Crippen molar-refractivity contribution in [3.8, 4) is 0 Å². The molecule has 0 aromatic rings. The van der Waals surface area contributed by atoms with Gasteiger partial charge in [-0.3, -0.25) is 19.2 Å². The molecule has 0 fully saturated rings. The van der Waals surface area contributed by atoms with Crippen LogP contribution in [0.4, 0.5) is 0 Å². The van der Waals surface area contributed by atoms with Crippen LogP contribution in [0.5, 0.6) is 0 Å². The molecule has 0 aliphatic carbocycles. The normalized spacial score (nSPS) is 13.2. The summed E-state index contributed by atoms with van der Waals surface area (Å²) in [4.78, 5) is 42.9. The van der Waals surface area contributed by atoms with Crippen LogP contribution in [0, 0.1) is 11.8 Å². The lowest BCUT2D eigenvalue weighted by Gasteiger charge is -2.12. The molecule has 0 aromatic heterocycles. The van der Waals surface area contributed by atoms with E-state index in [1.165, 1.54) is 21.6 Å². The molecule has 4 N–H and O–H groups in total. The molecule has 2 unspecified atom stereocenters.